The van der Waals surface area contributed by atoms with Gasteiger partial charge in [-0.05, 0) is 128 Å². The van der Waals surface area contributed by atoms with E-state index in [4.69, 9.17) is 0 Å². The third-order valence-electron chi connectivity index (χ3n) is 10.3. The van der Waals surface area contributed by atoms with Crippen LogP contribution in [0.25, 0.3) is 96.0 Å². The van der Waals surface area contributed by atoms with Crippen molar-refractivity contribution >= 4 is 63.0 Å². The topological polar surface area (TPSA) is 47.6 Å². The van der Waals surface area contributed by atoms with E-state index in [1.54, 1.807) is 22.7 Å². The molecule has 0 fully saturated rings. The number of nitriles is 2. The van der Waals surface area contributed by atoms with Gasteiger partial charge in [-0.25, -0.2) is 0 Å². The average molecular weight is 721 g/mol. The Morgan fingerprint density at radius 2 is 0.611 bits per heavy atom. The predicted octanol–water partition coefficient (Wildman–Crippen LogP) is 14.5. The summed E-state index contributed by atoms with van der Waals surface area (Å²) in [5, 5.41) is 25.2. The smallest absolute Gasteiger partial charge is 0.0992 e. The molecule has 250 valence electrons. The lowest BCUT2D eigenvalue weighted by Gasteiger charge is -2.12. The zero-order valence-electron chi connectivity index (χ0n) is 28.9. The maximum absolute atomic E-state index is 10.1. The van der Waals surface area contributed by atoms with Crippen molar-refractivity contribution in [2.24, 2.45) is 0 Å². The van der Waals surface area contributed by atoms with Crippen molar-refractivity contribution in [3.63, 3.8) is 0 Å². The second-order valence-corrected chi connectivity index (χ2v) is 15.8. The highest BCUT2D eigenvalue weighted by Gasteiger charge is 2.13. The van der Waals surface area contributed by atoms with Crippen LogP contribution >= 0.6 is 22.7 Å². The highest BCUT2D eigenvalue weighted by molar-refractivity contribution is 7.26. The summed E-state index contributed by atoms with van der Waals surface area (Å²) in [6, 6.07) is 64.4. The van der Waals surface area contributed by atoms with E-state index in [1.807, 2.05) is 24.3 Å². The number of hydrogen-bond acceptors (Lipinski definition) is 4. The maximum Gasteiger partial charge on any atom is 0.0992 e. The van der Waals surface area contributed by atoms with Gasteiger partial charge in [-0.2, -0.15) is 10.5 Å². The molecule has 54 heavy (non-hydrogen) atoms. The molecule has 2 aromatic heterocycles. The van der Waals surface area contributed by atoms with E-state index in [0.717, 1.165) is 55.6 Å². The molecule has 0 saturated heterocycles. The van der Waals surface area contributed by atoms with Crippen LogP contribution in [0.5, 0.6) is 0 Å². The van der Waals surface area contributed by atoms with E-state index in [0.29, 0.717) is 11.1 Å². The molecule has 0 aliphatic heterocycles. The second-order valence-electron chi connectivity index (χ2n) is 13.6. The summed E-state index contributed by atoms with van der Waals surface area (Å²) in [7, 11) is 0. The van der Waals surface area contributed by atoms with E-state index >= 15 is 0 Å². The average Bonchev–Trinajstić information content (AvgIpc) is 3.81. The lowest BCUT2D eigenvalue weighted by Crippen LogP contribution is -1.88. The van der Waals surface area contributed by atoms with Crippen LogP contribution in [-0.2, 0) is 0 Å². The summed E-state index contributed by atoms with van der Waals surface area (Å²) in [5.74, 6) is 0. The van der Waals surface area contributed by atoms with E-state index in [-0.39, 0.29) is 0 Å². The first kappa shape index (κ1) is 31.9. The van der Waals surface area contributed by atoms with E-state index in [2.05, 4.69) is 158 Å². The van der Waals surface area contributed by atoms with Crippen molar-refractivity contribution in [3.8, 4) is 67.8 Å². The number of thiophene rings is 2. The van der Waals surface area contributed by atoms with Crippen molar-refractivity contribution in [1.82, 2.24) is 0 Å². The van der Waals surface area contributed by atoms with Gasteiger partial charge in [-0.3, -0.25) is 0 Å². The van der Waals surface area contributed by atoms with Gasteiger partial charge in [0.15, 0.2) is 0 Å². The molecular weight excluding hydrogens is 693 g/mol. The molecule has 0 atom stereocenters. The molecule has 0 aliphatic rings. The maximum atomic E-state index is 10.1. The van der Waals surface area contributed by atoms with Gasteiger partial charge < -0.3 is 0 Å². The normalized spacial score (nSPS) is 11.3. The molecule has 10 rings (SSSR count). The lowest BCUT2D eigenvalue weighted by molar-refractivity contribution is 1.48. The van der Waals surface area contributed by atoms with Crippen molar-refractivity contribution in [3.05, 3.63) is 181 Å². The Labute approximate surface area is 320 Å². The van der Waals surface area contributed by atoms with Gasteiger partial charge in [-0.15, -0.1) is 22.7 Å². The monoisotopic (exact) mass is 720 g/mol. The van der Waals surface area contributed by atoms with Gasteiger partial charge in [0.05, 0.1) is 23.3 Å². The third-order valence-corrected chi connectivity index (χ3v) is 12.5. The molecule has 0 unspecified atom stereocenters. The fourth-order valence-corrected chi connectivity index (χ4v) is 9.91. The molecule has 0 aliphatic carbocycles. The molecule has 0 bridgehead atoms. The minimum absolute atomic E-state index is 0.631. The largest absolute Gasteiger partial charge is 0.192 e. The molecule has 2 nitrogen and oxygen atoms in total. The van der Waals surface area contributed by atoms with Crippen LogP contribution in [0, 0.1) is 22.7 Å². The lowest BCUT2D eigenvalue weighted by atomic mass is 9.92. The third kappa shape index (κ3) is 5.63. The minimum atomic E-state index is 0.631. The van der Waals surface area contributed by atoms with Gasteiger partial charge in [0.2, 0.25) is 0 Å². The molecular formula is C50H28N2S2. The van der Waals surface area contributed by atoms with Crippen molar-refractivity contribution in [1.29, 1.82) is 10.5 Å². The highest BCUT2D eigenvalue weighted by atomic mass is 32.1. The van der Waals surface area contributed by atoms with Crippen LogP contribution in [0.4, 0.5) is 0 Å². The van der Waals surface area contributed by atoms with Crippen molar-refractivity contribution < 1.29 is 0 Å². The highest BCUT2D eigenvalue weighted by Crippen LogP contribution is 2.40. The number of benzene rings is 8. The molecule has 0 N–H and O–H groups in total. The van der Waals surface area contributed by atoms with Gasteiger partial charge in [0, 0.05) is 40.3 Å². The first-order valence-electron chi connectivity index (χ1n) is 17.8. The molecule has 0 spiro atoms. The summed E-state index contributed by atoms with van der Waals surface area (Å²) in [6.07, 6.45) is 0. The van der Waals surface area contributed by atoms with Crippen LogP contribution in [0.15, 0.2) is 170 Å². The Hall–Kier alpha value is -6.82. The Balaban J connectivity index is 1.00. The van der Waals surface area contributed by atoms with Crippen LogP contribution in [0.3, 0.4) is 0 Å². The fraction of sp³-hybridized carbons (Fsp3) is 0. The van der Waals surface area contributed by atoms with E-state index in [1.165, 1.54) is 40.3 Å². The number of rotatable bonds is 5. The Bertz CT molecular complexity index is 2990. The molecule has 0 saturated carbocycles. The Morgan fingerprint density at radius 1 is 0.278 bits per heavy atom. The summed E-state index contributed by atoms with van der Waals surface area (Å²) < 4.78 is 5.04. The molecule has 4 heteroatoms. The van der Waals surface area contributed by atoms with Gasteiger partial charge in [-0.1, -0.05) is 97.1 Å². The first-order valence-corrected chi connectivity index (χ1v) is 19.4. The first-order chi connectivity index (χ1) is 26.6. The summed E-state index contributed by atoms with van der Waals surface area (Å²) in [4.78, 5) is 0. The zero-order chi connectivity index (χ0) is 36.2. The molecule has 0 amide bonds. The van der Waals surface area contributed by atoms with E-state index < -0.39 is 0 Å². The summed E-state index contributed by atoms with van der Waals surface area (Å²) >= 11 is 3.60. The van der Waals surface area contributed by atoms with Crippen LogP contribution in [0.1, 0.15) is 11.1 Å². The van der Waals surface area contributed by atoms with Crippen LogP contribution < -0.4 is 0 Å². The van der Waals surface area contributed by atoms with Gasteiger partial charge in [0.1, 0.15) is 0 Å². The Kier molecular flexibility index (Phi) is 7.67. The molecule has 10 aromatic rings. The van der Waals surface area contributed by atoms with Crippen molar-refractivity contribution in [2.75, 3.05) is 0 Å². The van der Waals surface area contributed by atoms with E-state index in [9.17, 15) is 10.5 Å². The predicted molar refractivity (Wildman–Crippen MR) is 229 cm³/mol. The van der Waals surface area contributed by atoms with Gasteiger partial charge >= 0.3 is 0 Å². The van der Waals surface area contributed by atoms with Gasteiger partial charge in [0.25, 0.3) is 0 Å². The Morgan fingerprint density at radius 3 is 1.02 bits per heavy atom. The molecule has 8 aromatic carbocycles. The number of hydrogen-bond donors (Lipinski definition) is 0. The SMILES string of the molecule is N#Cc1cc(-c2cccc(-c3cccc(-c4cc(C#N)cc(-c5ccc6c(c5)sc5ccccc56)c4)c3)c2)cc(-c2ccc3c(c2)sc2ccccc23)c1. The molecule has 0 radical (unpaired) electrons. The van der Waals surface area contributed by atoms with Crippen LogP contribution in [0.2, 0.25) is 0 Å². The number of nitrogens with zero attached hydrogens (tertiary/aromatic N) is 2. The zero-order valence-corrected chi connectivity index (χ0v) is 30.5. The minimum Gasteiger partial charge on any atom is -0.192 e. The van der Waals surface area contributed by atoms with Crippen LogP contribution in [-0.4, -0.2) is 0 Å². The molecule has 2 heterocycles. The summed E-state index contributed by atoms with van der Waals surface area (Å²) in [6.45, 7) is 0. The second kappa shape index (κ2) is 13.0. The fourth-order valence-electron chi connectivity index (χ4n) is 7.62. The number of fused-ring (bicyclic) bond motifs is 6. The van der Waals surface area contributed by atoms with Crippen molar-refractivity contribution in [2.45, 2.75) is 0 Å². The summed E-state index contributed by atoms with van der Waals surface area (Å²) in [5.41, 5.74) is 11.8. The standard InChI is InChI=1S/C50H28N2S2/c51-29-31-19-39(25-41(21-31)37-15-17-45-43-11-1-3-13-47(43)53-49(45)27-37)35-9-5-7-33(23-35)34-8-6-10-36(24-34)40-20-32(30-52)22-42(26-40)38-16-18-46-44-12-2-4-14-48(44)54-50(46)28-38/h1-28H. The quantitative estimate of drug-likeness (QED) is 0.178.